The van der Waals surface area contributed by atoms with Crippen molar-refractivity contribution in [3.63, 3.8) is 0 Å². The number of benzene rings is 1. The van der Waals surface area contributed by atoms with Gasteiger partial charge in [0.1, 0.15) is 13.2 Å². The van der Waals surface area contributed by atoms with Crippen molar-refractivity contribution in [2.24, 2.45) is 0 Å². The highest BCUT2D eigenvalue weighted by molar-refractivity contribution is 9.10. The van der Waals surface area contributed by atoms with Gasteiger partial charge in [-0.05, 0) is 22.4 Å². The highest BCUT2D eigenvalue weighted by Gasteiger charge is 2.23. The third-order valence-corrected chi connectivity index (χ3v) is 5.20. The molecule has 0 radical (unpaired) electrons. The molecule has 0 bridgehead atoms. The molecule has 0 saturated carbocycles. The van der Waals surface area contributed by atoms with Crippen molar-refractivity contribution >= 4 is 33.4 Å². The Kier molecular flexibility index (Phi) is 3.61. The summed E-state index contributed by atoms with van der Waals surface area (Å²) in [7, 11) is 0. The van der Waals surface area contributed by atoms with Crippen molar-refractivity contribution in [2.45, 2.75) is 24.6 Å². The smallest absolute Gasteiger partial charge is 0.163 e. The zero-order chi connectivity index (χ0) is 12.5. The Morgan fingerprint density at radius 3 is 2.67 bits per heavy atom. The first kappa shape index (κ1) is 12.5. The number of rotatable bonds is 2. The molecule has 1 fully saturated rings. The standard InChI is InChI=1S/C13H16BrNO2S/c1-8-4-9(7-18-8)15-11-6-13-12(5-10(11)14)16-2-3-17-13/h5-6,8-9,15H,2-4,7H2,1H3. The third kappa shape index (κ3) is 2.57. The minimum Gasteiger partial charge on any atom is -0.486 e. The lowest BCUT2D eigenvalue weighted by Crippen LogP contribution is -2.20. The fourth-order valence-corrected chi connectivity index (χ4v) is 3.90. The molecule has 3 nitrogen and oxygen atoms in total. The van der Waals surface area contributed by atoms with E-state index in [4.69, 9.17) is 9.47 Å². The molecule has 2 unspecified atom stereocenters. The summed E-state index contributed by atoms with van der Waals surface area (Å²) in [6.45, 7) is 3.54. The molecule has 18 heavy (non-hydrogen) atoms. The van der Waals surface area contributed by atoms with Crippen LogP contribution in [-0.4, -0.2) is 30.3 Å². The van der Waals surface area contributed by atoms with Crippen molar-refractivity contribution in [1.29, 1.82) is 0 Å². The van der Waals surface area contributed by atoms with Crippen LogP contribution in [0.5, 0.6) is 11.5 Å². The van der Waals surface area contributed by atoms with Gasteiger partial charge in [0.15, 0.2) is 11.5 Å². The number of anilines is 1. The maximum Gasteiger partial charge on any atom is 0.163 e. The summed E-state index contributed by atoms with van der Waals surface area (Å²) in [6, 6.07) is 4.57. The van der Waals surface area contributed by atoms with Gasteiger partial charge in [0.2, 0.25) is 0 Å². The topological polar surface area (TPSA) is 30.5 Å². The number of fused-ring (bicyclic) bond motifs is 1. The third-order valence-electron chi connectivity index (χ3n) is 3.19. The molecule has 0 aliphatic carbocycles. The van der Waals surface area contributed by atoms with Crippen molar-refractivity contribution in [3.8, 4) is 11.5 Å². The summed E-state index contributed by atoms with van der Waals surface area (Å²) < 4.78 is 12.2. The van der Waals surface area contributed by atoms with Crippen LogP contribution in [0.25, 0.3) is 0 Å². The number of hydrogen-bond acceptors (Lipinski definition) is 4. The second-order valence-electron chi connectivity index (χ2n) is 4.70. The molecule has 2 atom stereocenters. The molecular formula is C13H16BrNO2S. The molecule has 2 heterocycles. The van der Waals surface area contributed by atoms with Crippen LogP contribution in [0.15, 0.2) is 16.6 Å². The van der Waals surface area contributed by atoms with Crippen LogP contribution in [0, 0.1) is 0 Å². The van der Waals surface area contributed by atoms with Gasteiger partial charge in [0.05, 0.1) is 5.69 Å². The van der Waals surface area contributed by atoms with Gasteiger partial charge >= 0.3 is 0 Å². The molecular weight excluding hydrogens is 314 g/mol. The molecule has 2 aliphatic heterocycles. The Labute approximate surface area is 120 Å². The number of halogens is 1. The number of thioether (sulfide) groups is 1. The maximum absolute atomic E-state index is 5.61. The fraction of sp³-hybridized carbons (Fsp3) is 0.538. The largest absolute Gasteiger partial charge is 0.486 e. The predicted molar refractivity (Wildman–Crippen MR) is 79.1 cm³/mol. The molecule has 0 aromatic heterocycles. The summed E-state index contributed by atoms with van der Waals surface area (Å²) in [5.74, 6) is 2.83. The number of nitrogens with one attached hydrogen (secondary N) is 1. The predicted octanol–water partition coefficient (Wildman–Crippen LogP) is 3.53. The molecule has 3 rings (SSSR count). The summed E-state index contributed by atoms with van der Waals surface area (Å²) in [5.41, 5.74) is 1.10. The van der Waals surface area contributed by atoms with Gasteiger partial charge in [-0.2, -0.15) is 11.8 Å². The number of ether oxygens (including phenoxy) is 2. The second kappa shape index (κ2) is 5.21. The zero-order valence-electron chi connectivity index (χ0n) is 10.2. The van der Waals surface area contributed by atoms with Gasteiger partial charge in [-0.15, -0.1) is 0 Å². The summed E-state index contributed by atoms with van der Waals surface area (Å²) >= 11 is 5.62. The molecule has 5 heteroatoms. The van der Waals surface area contributed by atoms with E-state index >= 15 is 0 Å². The average Bonchev–Trinajstić information content (AvgIpc) is 2.76. The molecule has 2 aliphatic rings. The molecule has 1 aromatic carbocycles. The second-order valence-corrected chi connectivity index (χ2v) is 7.02. The van der Waals surface area contributed by atoms with Crippen molar-refractivity contribution in [2.75, 3.05) is 24.3 Å². The van der Waals surface area contributed by atoms with Crippen molar-refractivity contribution in [3.05, 3.63) is 16.6 Å². The Balaban J connectivity index is 1.79. The van der Waals surface area contributed by atoms with Gasteiger partial charge in [-0.1, -0.05) is 6.92 Å². The van der Waals surface area contributed by atoms with Gasteiger partial charge in [0.25, 0.3) is 0 Å². The Bertz CT molecular complexity index is 455. The van der Waals surface area contributed by atoms with Crippen LogP contribution in [0.1, 0.15) is 13.3 Å². The fourth-order valence-electron chi connectivity index (χ4n) is 2.31. The zero-order valence-corrected chi connectivity index (χ0v) is 12.6. The van der Waals surface area contributed by atoms with Crippen LogP contribution in [0.4, 0.5) is 5.69 Å². The van der Waals surface area contributed by atoms with Gasteiger partial charge in [0, 0.05) is 33.7 Å². The summed E-state index contributed by atoms with van der Waals surface area (Å²) in [4.78, 5) is 0. The summed E-state index contributed by atoms with van der Waals surface area (Å²) in [6.07, 6.45) is 1.21. The van der Waals surface area contributed by atoms with Crippen molar-refractivity contribution < 1.29 is 9.47 Å². The molecule has 98 valence electrons. The normalized spacial score (nSPS) is 26.1. The van der Waals surface area contributed by atoms with E-state index in [0.717, 1.165) is 26.9 Å². The van der Waals surface area contributed by atoms with Gasteiger partial charge < -0.3 is 14.8 Å². The van der Waals surface area contributed by atoms with Crippen LogP contribution in [-0.2, 0) is 0 Å². The van der Waals surface area contributed by atoms with E-state index in [1.807, 2.05) is 23.9 Å². The van der Waals surface area contributed by atoms with Crippen molar-refractivity contribution in [1.82, 2.24) is 0 Å². The van der Waals surface area contributed by atoms with Gasteiger partial charge in [-0.25, -0.2) is 0 Å². The number of hydrogen-bond donors (Lipinski definition) is 1. The van der Waals surface area contributed by atoms with E-state index in [0.29, 0.717) is 19.3 Å². The van der Waals surface area contributed by atoms with Gasteiger partial charge in [-0.3, -0.25) is 0 Å². The molecule has 1 aromatic rings. The molecule has 1 N–H and O–H groups in total. The van der Waals surface area contributed by atoms with E-state index < -0.39 is 0 Å². The van der Waals surface area contributed by atoms with E-state index in [-0.39, 0.29) is 0 Å². The first-order chi connectivity index (χ1) is 8.72. The van der Waals surface area contributed by atoms with E-state index in [1.165, 1.54) is 12.2 Å². The first-order valence-corrected chi connectivity index (χ1v) is 8.04. The molecule has 0 spiro atoms. The van der Waals surface area contributed by atoms with Crippen LogP contribution in [0.2, 0.25) is 0 Å². The van der Waals surface area contributed by atoms with Crippen LogP contribution < -0.4 is 14.8 Å². The lowest BCUT2D eigenvalue weighted by Gasteiger charge is -2.21. The quantitative estimate of drug-likeness (QED) is 0.899. The monoisotopic (exact) mass is 329 g/mol. The first-order valence-electron chi connectivity index (χ1n) is 6.19. The molecule has 1 saturated heterocycles. The summed E-state index contributed by atoms with van der Waals surface area (Å²) in [5, 5.41) is 4.34. The van der Waals surface area contributed by atoms with E-state index in [2.05, 4.69) is 28.2 Å². The average molecular weight is 330 g/mol. The molecule has 0 amide bonds. The Morgan fingerprint density at radius 1 is 1.28 bits per heavy atom. The minimum atomic E-state index is 0.545. The SMILES string of the molecule is CC1CC(Nc2cc3c(cc2Br)OCCO3)CS1. The van der Waals surface area contributed by atoms with E-state index in [1.54, 1.807) is 0 Å². The lowest BCUT2D eigenvalue weighted by atomic mass is 10.2. The highest BCUT2D eigenvalue weighted by atomic mass is 79.9. The highest BCUT2D eigenvalue weighted by Crippen LogP contribution is 2.39. The Morgan fingerprint density at radius 2 is 2.00 bits per heavy atom. The minimum absolute atomic E-state index is 0.545. The van der Waals surface area contributed by atoms with E-state index in [9.17, 15) is 0 Å². The maximum atomic E-state index is 5.61. The van der Waals surface area contributed by atoms with Crippen LogP contribution >= 0.6 is 27.7 Å². The Hall–Kier alpha value is -0.550. The van der Waals surface area contributed by atoms with Crippen LogP contribution in [0.3, 0.4) is 0 Å². The lowest BCUT2D eigenvalue weighted by molar-refractivity contribution is 0.171.